The molecule has 0 aliphatic heterocycles. The fraction of sp³-hybridized carbons (Fsp3) is 0.471. The number of aromatic amines is 1. The molecule has 1 aromatic heterocycles. The number of fused-ring (bicyclic) bond motifs is 1. The van der Waals surface area contributed by atoms with Crippen LogP contribution in [0, 0.1) is 0 Å². The highest BCUT2D eigenvalue weighted by Crippen LogP contribution is 2.36. The number of aryl methyl sites for hydroxylation is 1. The van der Waals surface area contributed by atoms with E-state index < -0.39 is 0 Å². The van der Waals surface area contributed by atoms with Gasteiger partial charge in [0.05, 0.1) is 5.69 Å². The summed E-state index contributed by atoms with van der Waals surface area (Å²) < 4.78 is 1.13. The van der Waals surface area contributed by atoms with Crippen LogP contribution in [0.25, 0.3) is 0 Å². The summed E-state index contributed by atoms with van der Waals surface area (Å²) in [6.45, 7) is 4.55. The fourth-order valence-corrected chi connectivity index (χ4v) is 3.59. The lowest BCUT2D eigenvalue weighted by Crippen LogP contribution is -2.21. The minimum Gasteiger partial charge on any atom is -0.282 e. The predicted molar refractivity (Wildman–Crippen MR) is 86.1 cm³/mol. The molecule has 20 heavy (non-hydrogen) atoms. The molecule has 0 saturated heterocycles. The number of aromatic nitrogens is 2. The summed E-state index contributed by atoms with van der Waals surface area (Å²) in [6.07, 6.45) is 6.22. The molecule has 0 amide bonds. The van der Waals surface area contributed by atoms with E-state index in [0.717, 1.165) is 10.9 Å². The van der Waals surface area contributed by atoms with Crippen LogP contribution in [-0.4, -0.2) is 10.2 Å². The second kappa shape index (κ2) is 5.36. The van der Waals surface area contributed by atoms with Crippen LogP contribution in [0.1, 0.15) is 55.6 Å². The molecule has 1 N–H and O–H groups in total. The summed E-state index contributed by atoms with van der Waals surface area (Å²) in [5, 5.41) is 7.97. The molecule has 0 bridgehead atoms. The van der Waals surface area contributed by atoms with Crippen molar-refractivity contribution in [1.29, 1.82) is 0 Å². The van der Waals surface area contributed by atoms with E-state index in [-0.39, 0.29) is 5.41 Å². The molecule has 3 rings (SSSR count). The van der Waals surface area contributed by atoms with Gasteiger partial charge in [0.15, 0.2) is 0 Å². The highest BCUT2D eigenvalue weighted by Gasteiger charge is 2.30. The van der Waals surface area contributed by atoms with Crippen molar-refractivity contribution in [2.45, 2.75) is 51.4 Å². The molecular weight excluding hydrogens is 312 g/mol. The third-order valence-corrected chi connectivity index (χ3v) is 4.94. The molecule has 0 saturated carbocycles. The quantitative estimate of drug-likeness (QED) is 0.788. The Morgan fingerprint density at radius 3 is 2.75 bits per heavy atom. The maximum atomic E-state index is 4.68. The summed E-state index contributed by atoms with van der Waals surface area (Å²) in [6, 6.07) is 8.58. The van der Waals surface area contributed by atoms with Gasteiger partial charge in [-0.25, -0.2) is 0 Å². The predicted octanol–water partition coefficient (Wildman–Crippen LogP) is 4.77. The smallest absolute Gasteiger partial charge is 0.0756 e. The Labute approximate surface area is 129 Å². The van der Waals surface area contributed by atoms with Crippen molar-refractivity contribution in [3.05, 3.63) is 51.3 Å². The summed E-state index contributed by atoms with van der Waals surface area (Å²) in [4.78, 5) is 0. The Balaban J connectivity index is 2.05. The van der Waals surface area contributed by atoms with Crippen LogP contribution in [0.2, 0.25) is 0 Å². The van der Waals surface area contributed by atoms with E-state index in [1.807, 2.05) is 0 Å². The van der Waals surface area contributed by atoms with Crippen molar-refractivity contribution < 1.29 is 0 Å². The highest BCUT2D eigenvalue weighted by atomic mass is 79.9. The van der Waals surface area contributed by atoms with Crippen molar-refractivity contribution >= 4 is 15.9 Å². The molecule has 2 aromatic rings. The standard InChI is InChI=1S/C17H21BrN2/c1-17(2,12-7-6-8-13(18)11-12)16-14-9-4-3-5-10-15(14)19-20-16/h6-8,11H,3-5,9-10H2,1-2H3,(H,19,20). The first-order chi connectivity index (χ1) is 9.59. The molecule has 1 aliphatic rings. The first-order valence-corrected chi connectivity index (χ1v) is 8.21. The van der Waals surface area contributed by atoms with Gasteiger partial charge in [0.2, 0.25) is 0 Å². The topological polar surface area (TPSA) is 28.7 Å². The average molecular weight is 333 g/mol. The number of nitrogens with one attached hydrogen (secondary N) is 1. The highest BCUT2D eigenvalue weighted by molar-refractivity contribution is 9.10. The summed E-state index contributed by atoms with van der Waals surface area (Å²) in [5.74, 6) is 0. The monoisotopic (exact) mass is 332 g/mol. The van der Waals surface area contributed by atoms with E-state index in [1.54, 1.807) is 0 Å². The number of halogens is 1. The molecule has 1 heterocycles. The molecule has 0 spiro atoms. The average Bonchev–Trinajstić information content (AvgIpc) is 2.69. The molecule has 0 unspecified atom stereocenters. The van der Waals surface area contributed by atoms with Gasteiger partial charge in [-0.1, -0.05) is 48.3 Å². The molecule has 106 valence electrons. The van der Waals surface area contributed by atoms with Gasteiger partial charge in [0.1, 0.15) is 0 Å². The van der Waals surface area contributed by atoms with Gasteiger partial charge in [-0.15, -0.1) is 0 Å². The second-order valence-electron chi connectivity index (χ2n) is 6.23. The number of rotatable bonds is 2. The van der Waals surface area contributed by atoms with Gasteiger partial charge in [0, 0.05) is 15.6 Å². The van der Waals surface area contributed by atoms with Gasteiger partial charge in [0.25, 0.3) is 0 Å². The lowest BCUT2D eigenvalue weighted by atomic mass is 9.79. The minimum absolute atomic E-state index is 0.0573. The van der Waals surface area contributed by atoms with E-state index in [2.05, 4.69) is 64.2 Å². The van der Waals surface area contributed by atoms with E-state index in [1.165, 1.54) is 48.2 Å². The third-order valence-electron chi connectivity index (χ3n) is 4.44. The van der Waals surface area contributed by atoms with Gasteiger partial charge < -0.3 is 0 Å². The van der Waals surface area contributed by atoms with Crippen LogP contribution in [0.15, 0.2) is 28.7 Å². The Morgan fingerprint density at radius 2 is 1.95 bits per heavy atom. The molecule has 0 atom stereocenters. The van der Waals surface area contributed by atoms with Gasteiger partial charge in [-0.2, -0.15) is 5.10 Å². The van der Waals surface area contributed by atoms with Crippen molar-refractivity contribution in [3.8, 4) is 0 Å². The largest absolute Gasteiger partial charge is 0.282 e. The van der Waals surface area contributed by atoms with Crippen molar-refractivity contribution in [3.63, 3.8) is 0 Å². The maximum absolute atomic E-state index is 4.68. The molecule has 1 aliphatic carbocycles. The molecule has 1 aromatic carbocycles. The lowest BCUT2D eigenvalue weighted by Gasteiger charge is -2.25. The van der Waals surface area contributed by atoms with Gasteiger partial charge in [-0.05, 0) is 48.9 Å². The summed E-state index contributed by atoms with van der Waals surface area (Å²) in [7, 11) is 0. The van der Waals surface area contributed by atoms with Crippen LogP contribution in [0.5, 0.6) is 0 Å². The van der Waals surface area contributed by atoms with Gasteiger partial charge >= 0.3 is 0 Å². The maximum Gasteiger partial charge on any atom is 0.0756 e. The summed E-state index contributed by atoms with van der Waals surface area (Å²) in [5.41, 5.74) is 5.31. The zero-order chi connectivity index (χ0) is 14.2. The molecular formula is C17H21BrN2. The van der Waals surface area contributed by atoms with E-state index in [4.69, 9.17) is 0 Å². The third kappa shape index (κ3) is 2.44. The van der Waals surface area contributed by atoms with Crippen LogP contribution < -0.4 is 0 Å². The van der Waals surface area contributed by atoms with Crippen molar-refractivity contribution in [2.24, 2.45) is 0 Å². The number of nitrogens with zero attached hydrogens (tertiary/aromatic N) is 1. The first kappa shape index (κ1) is 13.9. The fourth-order valence-electron chi connectivity index (χ4n) is 3.19. The van der Waals surface area contributed by atoms with Gasteiger partial charge in [-0.3, -0.25) is 5.10 Å². The molecule has 3 heteroatoms. The van der Waals surface area contributed by atoms with Crippen LogP contribution in [0.3, 0.4) is 0 Å². The summed E-state index contributed by atoms with van der Waals surface area (Å²) >= 11 is 3.58. The Kier molecular flexibility index (Phi) is 3.72. The number of hydrogen-bond donors (Lipinski definition) is 1. The van der Waals surface area contributed by atoms with Crippen LogP contribution in [-0.2, 0) is 18.3 Å². The van der Waals surface area contributed by atoms with Crippen molar-refractivity contribution in [2.75, 3.05) is 0 Å². The lowest BCUT2D eigenvalue weighted by molar-refractivity contribution is 0.600. The zero-order valence-electron chi connectivity index (χ0n) is 12.2. The Hall–Kier alpha value is -1.09. The second-order valence-corrected chi connectivity index (χ2v) is 7.14. The number of H-pyrrole nitrogens is 1. The molecule has 2 nitrogen and oxygen atoms in total. The van der Waals surface area contributed by atoms with E-state index >= 15 is 0 Å². The van der Waals surface area contributed by atoms with E-state index in [0.29, 0.717) is 0 Å². The minimum atomic E-state index is -0.0573. The molecule has 0 fully saturated rings. The molecule has 0 radical (unpaired) electrons. The van der Waals surface area contributed by atoms with E-state index in [9.17, 15) is 0 Å². The Bertz CT molecular complexity index is 613. The zero-order valence-corrected chi connectivity index (χ0v) is 13.8. The van der Waals surface area contributed by atoms with Crippen LogP contribution in [0.4, 0.5) is 0 Å². The van der Waals surface area contributed by atoms with Crippen LogP contribution >= 0.6 is 15.9 Å². The number of benzene rings is 1. The number of hydrogen-bond acceptors (Lipinski definition) is 1. The Morgan fingerprint density at radius 1 is 1.15 bits per heavy atom. The normalized spacial score (nSPS) is 15.8. The van der Waals surface area contributed by atoms with Crippen molar-refractivity contribution in [1.82, 2.24) is 10.2 Å². The SMILES string of the molecule is CC(C)(c1cccc(Br)c1)c1n[nH]c2c1CCCCC2. The first-order valence-electron chi connectivity index (χ1n) is 7.41.